The van der Waals surface area contributed by atoms with E-state index in [2.05, 4.69) is 35.8 Å². The van der Waals surface area contributed by atoms with Crippen LogP contribution in [0, 0.1) is 6.92 Å². The van der Waals surface area contributed by atoms with E-state index < -0.39 is 0 Å². The molecule has 0 atom stereocenters. The maximum absolute atomic E-state index is 4.81. The SMILES string of the molecule is CCSC(=Nc1sc(-c2cccnc2)nc1C)N(C)CC. The van der Waals surface area contributed by atoms with Crippen molar-refractivity contribution in [2.24, 2.45) is 4.99 Å². The summed E-state index contributed by atoms with van der Waals surface area (Å²) in [6.45, 7) is 7.23. The molecule has 0 spiro atoms. The Hall–Kier alpha value is -1.40. The van der Waals surface area contributed by atoms with Crippen molar-refractivity contribution in [3.63, 3.8) is 0 Å². The zero-order valence-corrected chi connectivity index (χ0v) is 14.5. The van der Waals surface area contributed by atoms with E-state index in [9.17, 15) is 0 Å². The van der Waals surface area contributed by atoms with Gasteiger partial charge in [0.25, 0.3) is 0 Å². The first kappa shape index (κ1) is 16.0. The Morgan fingerprint density at radius 3 is 2.86 bits per heavy atom. The Morgan fingerprint density at radius 2 is 2.24 bits per heavy atom. The predicted octanol–water partition coefficient (Wildman–Crippen LogP) is 4.21. The third-order valence-electron chi connectivity index (χ3n) is 2.95. The number of aromatic nitrogens is 2. The molecule has 4 nitrogen and oxygen atoms in total. The van der Waals surface area contributed by atoms with Crippen LogP contribution in [-0.4, -0.2) is 39.4 Å². The summed E-state index contributed by atoms with van der Waals surface area (Å²) in [5, 5.41) is 2.99. The third kappa shape index (κ3) is 4.04. The number of amidine groups is 1. The zero-order valence-electron chi connectivity index (χ0n) is 12.8. The first-order valence-electron chi connectivity index (χ1n) is 6.96. The summed E-state index contributed by atoms with van der Waals surface area (Å²) < 4.78 is 0. The van der Waals surface area contributed by atoms with Crippen molar-refractivity contribution in [2.45, 2.75) is 20.8 Å². The van der Waals surface area contributed by atoms with E-state index in [4.69, 9.17) is 4.99 Å². The van der Waals surface area contributed by atoms with Crippen LogP contribution in [0.2, 0.25) is 0 Å². The highest BCUT2D eigenvalue weighted by Gasteiger charge is 2.11. The first-order valence-corrected chi connectivity index (χ1v) is 8.76. The Labute approximate surface area is 134 Å². The van der Waals surface area contributed by atoms with Gasteiger partial charge in [0.15, 0.2) is 5.17 Å². The summed E-state index contributed by atoms with van der Waals surface area (Å²) in [6.07, 6.45) is 3.61. The topological polar surface area (TPSA) is 41.4 Å². The lowest BCUT2D eigenvalue weighted by Gasteiger charge is -2.17. The molecule has 0 bridgehead atoms. The molecule has 2 rings (SSSR count). The number of nitrogens with zero attached hydrogens (tertiary/aromatic N) is 4. The van der Waals surface area contributed by atoms with E-state index in [1.54, 1.807) is 29.3 Å². The average Bonchev–Trinajstić information content (AvgIpc) is 2.88. The van der Waals surface area contributed by atoms with Crippen LogP contribution in [0.25, 0.3) is 10.6 Å². The summed E-state index contributed by atoms with van der Waals surface area (Å²) in [5.41, 5.74) is 2.01. The van der Waals surface area contributed by atoms with Crippen LogP contribution in [0.1, 0.15) is 19.5 Å². The summed E-state index contributed by atoms with van der Waals surface area (Å²) in [4.78, 5) is 15.7. The number of pyridine rings is 1. The van der Waals surface area contributed by atoms with Crippen LogP contribution >= 0.6 is 23.1 Å². The van der Waals surface area contributed by atoms with E-state index in [-0.39, 0.29) is 0 Å². The minimum absolute atomic E-state index is 0.944. The molecule has 0 aliphatic carbocycles. The molecule has 0 fully saturated rings. The fourth-order valence-electron chi connectivity index (χ4n) is 1.68. The van der Waals surface area contributed by atoms with Gasteiger partial charge in [-0.1, -0.05) is 30.0 Å². The van der Waals surface area contributed by atoms with Gasteiger partial charge in [0.2, 0.25) is 0 Å². The Balaban J connectivity index is 2.34. The molecule has 0 saturated heterocycles. The molecule has 2 aromatic heterocycles. The summed E-state index contributed by atoms with van der Waals surface area (Å²) in [7, 11) is 2.07. The predicted molar refractivity (Wildman–Crippen MR) is 93.6 cm³/mol. The molecule has 2 heterocycles. The second-order valence-electron chi connectivity index (χ2n) is 4.49. The number of hydrogen-bond donors (Lipinski definition) is 0. The fourth-order valence-corrected chi connectivity index (χ4v) is 3.43. The Morgan fingerprint density at radius 1 is 1.43 bits per heavy atom. The molecule has 0 aliphatic heterocycles. The van der Waals surface area contributed by atoms with Crippen molar-refractivity contribution < 1.29 is 0 Å². The number of thioether (sulfide) groups is 1. The van der Waals surface area contributed by atoms with Crippen molar-refractivity contribution in [2.75, 3.05) is 19.3 Å². The lowest BCUT2D eigenvalue weighted by molar-refractivity contribution is 0.546. The quantitative estimate of drug-likeness (QED) is 0.625. The lowest BCUT2D eigenvalue weighted by Crippen LogP contribution is -2.23. The van der Waals surface area contributed by atoms with Crippen LogP contribution in [0.4, 0.5) is 5.00 Å². The minimum atomic E-state index is 0.944. The first-order chi connectivity index (χ1) is 10.2. The van der Waals surface area contributed by atoms with Gasteiger partial charge in [0.05, 0.1) is 5.69 Å². The average molecular weight is 320 g/mol. The Kier molecular flexibility index (Phi) is 5.76. The second-order valence-corrected chi connectivity index (χ2v) is 6.70. The van der Waals surface area contributed by atoms with Gasteiger partial charge in [-0.15, -0.1) is 0 Å². The van der Waals surface area contributed by atoms with Crippen molar-refractivity contribution in [1.29, 1.82) is 0 Å². The van der Waals surface area contributed by atoms with Crippen LogP contribution < -0.4 is 0 Å². The lowest BCUT2D eigenvalue weighted by atomic mass is 10.3. The molecule has 0 radical (unpaired) electrons. The van der Waals surface area contributed by atoms with Gasteiger partial charge in [-0.3, -0.25) is 4.98 Å². The third-order valence-corrected chi connectivity index (χ3v) is 5.00. The van der Waals surface area contributed by atoms with E-state index in [0.717, 1.165) is 38.7 Å². The zero-order chi connectivity index (χ0) is 15.2. The number of rotatable bonds is 4. The van der Waals surface area contributed by atoms with Crippen LogP contribution in [0.15, 0.2) is 29.5 Å². The second kappa shape index (κ2) is 7.56. The van der Waals surface area contributed by atoms with Crippen LogP contribution in [-0.2, 0) is 0 Å². The van der Waals surface area contributed by atoms with Gasteiger partial charge in [-0.25, -0.2) is 9.98 Å². The van der Waals surface area contributed by atoms with Gasteiger partial charge >= 0.3 is 0 Å². The highest BCUT2D eigenvalue weighted by molar-refractivity contribution is 8.13. The van der Waals surface area contributed by atoms with Crippen molar-refractivity contribution in [1.82, 2.24) is 14.9 Å². The van der Waals surface area contributed by atoms with Crippen LogP contribution in [0.5, 0.6) is 0 Å². The monoisotopic (exact) mass is 320 g/mol. The maximum Gasteiger partial charge on any atom is 0.165 e. The molecule has 21 heavy (non-hydrogen) atoms. The van der Waals surface area contributed by atoms with E-state index in [1.807, 2.05) is 25.3 Å². The molecule has 2 aromatic rings. The standard InChI is InChI=1S/C15H20N4S2/c1-5-19(4)15(20-6-2)18-13-11(3)17-14(21-13)12-8-7-9-16-10-12/h7-10H,5-6H2,1-4H3. The molecule has 0 saturated carbocycles. The van der Waals surface area contributed by atoms with Gasteiger partial charge in [-0.2, -0.15) is 0 Å². The maximum atomic E-state index is 4.81. The van der Waals surface area contributed by atoms with Crippen molar-refractivity contribution in [3.8, 4) is 10.6 Å². The molecular weight excluding hydrogens is 300 g/mol. The fraction of sp³-hybridized carbons (Fsp3) is 0.400. The molecule has 0 aliphatic rings. The van der Waals surface area contributed by atoms with Gasteiger partial charge in [0, 0.05) is 31.5 Å². The van der Waals surface area contributed by atoms with Gasteiger partial charge in [-0.05, 0) is 31.7 Å². The van der Waals surface area contributed by atoms with Gasteiger partial charge in [0.1, 0.15) is 10.0 Å². The molecule has 6 heteroatoms. The molecule has 0 aromatic carbocycles. The molecule has 0 unspecified atom stereocenters. The molecular formula is C15H20N4S2. The molecule has 0 amide bonds. The van der Waals surface area contributed by atoms with Crippen LogP contribution in [0.3, 0.4) is 0 Å². The highest BCUT2D eigenvalue weighted by atomic mass is 32.2. The number of aryl methyl sites for hydroxylation is 1. The van der Waals surface area contributed by atoms with Crippen molar-refractivity contribution >= 4 is 33.3 Å². The van der Waals surface area contributed by atoms with E-state index >= 15 is 0 Å². The number of thiazole rings is 1. The van der Waals surface area contributed by atoms with Crippen molar-refractivity contribution in [3.05, 3.63) is 30.2 Å². The summed E-state index contributed by atoms with van der Waals surface area (Å²) in [5.74, 6) is 1.01. The minimum Gasteiger partial charge on any atom is -0.354 e. The highest BCUT2D eigenvalue weighted by Crippen LogP contribution is 2.34. The smallest absolute Gasteiger partial charge is 0.165 e. The van der Waals surface area contributed by atoms with E-state index in [0.29, 0.717) is 0 Å². The summed E-state index contributed by atoms with van der Waals surface area (Å²) in [6, 6.07) is 3.96. The molecule has 0 N–H and O–H groups in total. The molecule has 112 valence electrons. The number of hydrogen-bond acceptors (Lipinski definition) is 5. The summed E-state index contributed by atoms with van der Waals surface area (Å²) >= 11 is 3.38. The van der Waals surface area contributed by atoms with E-state index in [1.165, 1.54) is 0 Å². The van der Waals surface area contributed by atoms with Gasteiger partial charge < -0.3 is 4.90 Å². The Bertz CT molecular complexity index is 607. The normalized spacial score (nSPS) is 11.7. The number of aliphatic imine (C=N–C) groups is 1. The largest absolute Gasteiger partial charge is 0.354 e.